The van der Waals surface area contributed by atoms with Gasteiger partial charge >= 0.3 is 0 Å². The van der Waals surface area contributed by atoms with E-state index in [-0.39, 0.29) is 10.9 Å². The number of aromatic nitrogens is 2. The van der Waals surface area contributed by atoms with Gasteiger partial charge in [0.2, 0.25) is 0 Å². The average Bonchev–Trinajstić information content (AvgIpc) is 3.86. The molecule has 0 radical (unpaired) electrons. The Balaban J connectivity index is 1.21. The Hall–Kier alpha value is -8.48. The van der Waals surface area contributed by atoms with Gasteiger partial charge in [0.1, 0.15) is 0 Å². The summed E-state index contributed by atoms with van der Waals surface area (Å²) in [6.07, 6.45) is 0. The van der Waals surface area contributed by atoms with Crippen molar-refractivity contribution in [2.75, 3.05) is 9.80 Å². The SMILES string of the molecule is O=c1c2ccc(N(c3ccccc3)c3ccccc3)cc2n2c3ccc4c5c(N(c6ccccc6)c6ccccc6)ccc6c(=O)c7ccccc7n(c65)c4c3c3cccc1c32. The van der Waals surface area contributed by atoms with E-state index in [1.807, 2.05) is 91.0 Å². The van der Waals surface area contributed by atoms with Crippen LogP contribution in [0.15, 0.2) is 216 Å². The van der Waals surface area contributed by atoms with E-state index in [1.165, 1.54) is 0 Å². The second-order valence-electron chi connectivity index (χ2n) is 16.0. The molecule has 6 nitrogen and oxygen atoms in total. The number of hydrogen-bond donors (Lipinski definition) is 0. The van der Waals surface area contributed by atoms with E-state index < -0.39 is 0 Å². The lowest BCUT2D eigenvalue weighted by atomic mass is 10.0. The first-order chi connectivity index (χ1) is 30.7. The number of fused-ring (bicyclic) bond motifs is 11. The number of nitrogens with zero attached hydrogens (tertiary/aromatic N) is 4. The van der Waals surface area contributed by atoms with Crippen LogP contribution in [0.5, 0.6) is 0 Å². The summed E-state index contributed by atoms with van der Waals surface area (Å²) < 4.78 is 4.61. The fourth-order valence-corrected chi connectivity index (χ4v) is 10.2. The summed E-state index contributed by atoms with van der Waals surface area (Å²) in [5, 5.41) is 6.65. The van der Waals surface area contributed by atoms with Gasteiger partial charge in [-0.2, -0.15) is 0 Å². The molecule has 13 rings (SSSR count). The van der Waals surface area contributed by atoms with Gasteiger partial charge in [-0.05, 0) is 109 Å². The molecule has 0 saturated carbocycles. The van der Waals surface area contributed by atoms with Gasteiger partial charge in [0.15, 0.2) is 10.9 Å². The topological polar surface area (TPSA) is 49.4 Å². The lowest BCUT2D eigenvalue weighted by molar-refractivity contribution is 1.27. The van der Waals surface area contributed by atoms with Crippen molar-refractivity contribution in [1.82, 2.24) is 8.80 Å². The van der Waals surface area contributed by atoms with Gasteiger partial charge in [-0.3, -0.25) is 9.59 Å². The molecule has 0 amide bonds. The summed E-state index contributed by atoms with van der Waals surface area (Å²) in [7, 11) is 0. The number of anilines is 6. The van der Waals surface area contributed by atoms with Crippen molar-refractivity contribution in [1.29, 1.82) is 0 Å². The van der Waals surface area contributed by atoms with Crippen LogP contribution in [0.25, 0.3) is 76.2 Å². The Kier molecular flexibility index (Phi) is 7.22. The maximum atomic E-state index is 14.7. The molecule has 9 aromatic carbocycles. The third-order valence-corrected chi connectivity index (χ3v) is 12.7. The molecule has 4 heterocycles. The van der Waals surface area contributed by atoms with E-state index in [9.17, 15) is 9.59 Å². The van der Waals surface area contributed by atoms with E-state index in [0.717, 1.165) is 88.8 Å². The summed E-state index contributed by atoms with van der Waals surface area (Å²) in [6.45, 7) is 0. The van der Waals surface area contributed by atoms with Crippen LogP contribution in [0.1, 0.15) is 0 Å². The second-order valence-corrected chi connectivity index (χ2v) is 16.0. The molecule has 0 saturated heterocycles. The molecular weight excluding hydrogens is 761 g/mol. The fraction of sp³-hybridized carbons (Fsp3) is 0. The zero-order chi connectivity index (χ0) is 41.1. The predicted octanol–water partition coefficient (Wildman–Crippen LogP) is 13.6. The highest BCUT2D eigenvalue weighted by molar-refractivity contribution is 6.32. The standard InChI is InChI=1S/C56H34N4O2/c61-55-40-24-13-14-27-46(40)60-53-43(51-47(33-31-45(55)54(51)60)58(37-20-9-3-10-21-37)38-22-11-4-12-23-38)30-32-48-50(53)42-25-15-26-44-52(42)59(48)49-34-39(28-29-41(49)56(44)62)57(35-16-5-1-6-17-35)36-18-7-2-8-19-36/h1-34H. The average molecular weight is 795 g/mol. The van der Waals surface area contributed by atoms with Crippen molar-refractivity contribution >= 4 is 110 Å². The number of benzene rings is 9. The lowest BCUT2D eigenvalue weighted by Crippen LogP contribution is -2.11. The van der Waals surface area contributed by atoms with Crippen molar-refractivity contribution in [2.45, 2.75) is 0 Å². The zero-order valence-electron chi connectivity index (χ0n) is 33.2. The van der Waals surface area contributed by atoms with Crippen LogP contribution >= 0.6 is 0 Å². The highest BCUT2D eigenvalue weighted by Gasteiger charge is 2.27. The van der Waals surface area contributed by atoms with Crippen LogP contribution < -0.4 is 20.7 Å². The van der Waals surface area contributed by atoms with Crippen LogP contribution in [0.3, 0.4) is 0 Å². The minimum absolute atomic E-state index is 0.00166. The molecule has 0 atom stereocenters. The van der Waals surface area contributed by atoms with E-state index in [0.29, 0.717) is 21.5 Å². The number of hydrogen-bond acceptors (Lipinski definition) is 4. The molecule has 0 aliphatic heterocycles. The van der Waals surface area contributed by atoms with E-state index in [2.05, 4.69) is 134 Å². The van der Waals surface area contributed by atoms with Crippen LogP contribution in [0.4, 0.5) is 34.1 Å². The van der Waals surface area contributed by atoms with Crippen molar-refractivity contribution in [3.63, 3.8) is 0 Å². The number of rotatable bonds is 6. The Bertz CT molecular complexity index is 3940. The molecule has 4 aromatic heterocycles. The molecule has 0 aliphatic carbocycles. The molecule has 62 heavy (non-hydrogen) atoms. The molecule has 290 valence electrons. The molecule has 0 bridgehead atoms. The molecule has 13 aromatic rings. The fourth-order valence-electron chi connectivity index (χ4n) is 10.2. The normalized spacial score (nSPS) is 12.0. The van der Waals surface area contributed by atoms with Gasteiger partial charge in [0, 0.05) is 71.5 Å². The van der Waals surface area contributed by atoms with Crippen LogP contribution in [0, 0.1) is 0 Å². The Labute approximate surface area is 354 Å². The molecule has 6 heteroatoms. The highest BCUT2D eigenvalue weighted by atomic mass is 16.1. The van der Waals surface area contributed by atoms with Gasteiger partial charge < -0.3 is 18.6 Å². The van der Waals surface area contributed by atoms with E-state index in [1.54, 1.807) is 0 Å². The number of para-hydroxylation sites is 6. The minimum atomic E-state index is -0.00166. The molecule has 0 N–H and O–H groups in total. The first kappa shape index (κ1) is 34.4. The monoisotopic (exact) mass is 794 g/mol. The molecule has 0 spiro atoms. The van der Waals surface area contributed by atoms with Crippen LogP contribution in [-0.2, 0) is 0 Å². The Morgan fingerprint density at radius 3 is 1.40 bits per heavy atom. The molecule has 0 fully saturated rings. The third-order valence-electron chi connectivity index (χ3n) is 12.7. The van der Waals surface area contributed by atoms with Crippen molar-refractivity contribution in [3.05, 3.63) is 227 Å². The van der Waals surface area contributed by atoms with Crippen molar-refractivity contribution in [3.8, 4) is 0 Å². The summed E-state index contributed by atoms with van der Waals surface area (Å²) in [6, 6.07) is 70.3. The second kappa shape index (κ2) is 13.0. The summed E-state index contributed by atoms with van der Waals surface area (Å²) >= 11 is 0. The predicted molar refractivity (Wildman–Crippen MR) is 258 cm³/mol. The minimum Gasteiger partial charge on any atom is -0.310 e. The third kappa shape index (κ3) is 4.69. The first-order valence-electron chi connectivity index (χ1n) is 20.9. The van der Waals surface area contributed by atoms with Gasteiger partial charge in [0.05, 0.1) is 38.8 Å². The van der Waals surface area contributed by atoms with E-state index in [4.69, 9.17) is 0 Å². The Morgan fingerprint density at radius 1 is 0.290 bits per heavy atom. The Morgan fingerprint density at radius 2 is 0.758 bits per heavy atom. The quantitative estimate of drug-likeness (QED) is 0.157. The summed E-state index contributed by atoms with van der Waals surface area (Å²) in [5.74, 6) is 0. The zero-order valence-corrected chi connectivity index (χ0v) is 33.2. The van der Waals surface area contributed by atoms with Gasteiger partial charge in [0.25, 0.3) is 0 Å². The largest absolute Gasteiger partial charge is 0.310 e. The summed E-state index contributed by atoms with van der Waals surface area (Å²) in [5.41, 5.74) is 11.4. The van der Waals surface area contributed by atoms with Crippen LogP contribution in [0.2, 0.25) is 0 Å². The first-order valence-corrected chi connectivity index (χ1v) is 20.9. The molecule has 0 unspecified atom stereocenters. The highest BCUT2D eigenvalue weighted by Crippen LogP contribution is 2.48. The number of pyridine rings is 2. The van der Waals surface area contributed by atoms with Crippen molar-refractivity contribution < 1.29 is 0 Å². The maximum Gasteiger partial charge on any atom is 0.197 e. The van der Waals surface area contributed by atoms with E-state index >= 15 is 0 Å². The molecule has 0 aliphatic rings. The van der Waals surface area contributed by atoms with Crippen LogP contribution in [-0.4, -0.2) is 8.80 Å². The summed E-state index contributed by atoms with van der Waals surface area (Å²) in [4.78, 5) is 33.8. The van der Waals surface area contributed by atoms with Crippen molar-refractivity contribution in [2.24, 2.45) is 0 Å². The lowest BCUT2D eigenvalue weighted by Gasteiger charge is -2.26. The molecular formula is C56H34N4O2. The maximum absolute atomic E-state index is 14.7. The smallest absolute Gasteiger partial charge is 0.197 e. The van der Waals surface area contributed by atoms with Gasteiger partial charge in [-0.15, -0.1) is 0 Å². The van der Waals surface area contributed by atoms with Gasteiger partial charge in [-0.25, -0.2) is 0 Å². The van der Waals surface area contributed by atoms with Gasteiger partial charge in [-0.1, -0.05) is 97.1 Å².